The summed E-state index contributed by atoms with van der Waals surface area (Å²) >= 11 is 0. The fourth-order valence-corrected chi connectivity index (χ4v) is 3.26. The number of aromatic nitrogens is 5. The van der Waals surface area contributed by atoms with Crippen LogP contribution in [-0.4, -0.2) is 25.4 Å². The van der Waals surface area contributed by atoms with Gasteiger partial charge in [0.2, 0.25) is 0 Å². The summed E-state index contributed by atoms with van der Waals surface area (Å²) in [5.41, 5.74) is 3.54. The second-order valence-electron chi connectivity index (χ2n) is 6.93. The summed E-state index contributed by atoms with van der Waals surface area (Å²) in [7, 11) is 0. The average molecular weight is 347 g/mol. The molecule has 2 aromatic carbocycles. The summed E-state index contributed by atoms with van der Waals surface area (Å²) in [6, 6.07) is 12.4. The monoisotopic (exact) mass is 347 g/mol. The van der Waals surface area contributed by atoms with E-state index in [1.165, 1.54) is 31.4 Å². The summed E-state index contributed by atoms with van der Waals surface area (Å²) in [6.45, 7) is 0. The van der Waals surface area contributed by atoms with E-state index in [0.29, 0.717) is 5.82 Å². The maximum atomic E-state index is 13.2. The Labute approximate surface area is 149 Å². The Hall–Kier alpha value is -3.02. The van der Waals surface area contributed by atoms with Crippen molar-refractivity contribution in [3.63, 3.8) is 0 Å². The molecule has 5 rings (SSSR count). The van der Waals surface area contributed by atoms with Gasteiger partial charge in [0.1, 0.15) is 11.6 Å². The molecule has 1 aliphatic carbocycles. The summed E-state index contributed by atoms with van der Waals surface area (Å²) in [4.78, 5) is 4.64. The third-order valence-electron chi connectivity index (χ3n) is 4.96. The number of H-pyrrole nitrogens is 2. The lowest BCUT2D eigenvalue weighted by Gasteiger charge is -2.00. The van der Waals surface area contributed by atoms with E-state index in [1.807, 2.05) is 18.2 Å². The van der Waals surface area contributed by atoms with E-state index in [4.69, 9.17) is 0 Å². The number of hydrogen-bond donors (Lipinski definition) is 2. The first kappa shape index (κ1) is 15.3. The molecule has 5 nitrogen and oxygen atoms in total. The van der Waals surface area contributed by atoms with Crippen LogP contribution >= 0.6 is 0 Å². The molecule has 0 amide bonds. The molecule has 0 saturated heterocycles. The van der Waals surface area contributed by atoms with Gasteiger partial charge in [0, 0.05) is 22.9 Å². The van der Waals surface area contributed by atoms with Crippen LogP contribution in [0.4, 0.5) is 4.39 Å². The molecule has 0 radical (unpaired) electrons. The molecular formula is C20H18FN5. The van der Waals surface area contributed by atoms with Crippen LogP contribution in [0.2, 0.25) is 0 Å². The zero-order chi connectivity index (χ0) is 17.5. The number of fused-ring (bicyclic) bond motifs is 1. The SMILES string of the molecule is Fc1ccc(-c2n[nH]c3ccc(-c4n[nH]c(CCC5CC5)n4)cc23)cc1. The molecular weight excluding hydrogens is 329 g/mol. The normalized spacial score (nSPS) is 14.2. The lowest BCUT2D eigenvalue weighted by atomic mass is 10.1. The predicted molar refractivity (Wildman–Crippen MR) is 97.9 cm³/mol. The Balaban J connectivity index is 1.48. The van der Waals surface area contributed by atoms with Gasteiger partial charge in [-0.2, -0.15) is 10.2 Å². The molecule has 130 valence electrons. The molecule has 0 unspecified atom stereocenters. The van der Waals surface area contributed by atoms with Crippen LogP contribution in [0.15, 0.2) is 42.5 Å². The number of nitrogens with one attached hydrogen (secondary N) is 2. The first-order chi connectivity index (χ1) is 12.8. The molecule has 0 spiro atoms. The van der Waals surface area contributed by atoms with Crippen molar-refractivity contribution < 1.29 is 4.39 Å². The van der Waals surface area contributed by atoms with E-state index in [1.54, 1.807) is 12.1 Å². The predicted octanol–water partition coefficient (Wildman–Crippen LogP) is 4.50. The van der Waals surface area contributed by atoms with Crippen LogP contribution in [-0.2, 0) is 6.42 Å². The van der Waals surface area contributed by atoms with E-state index in [2.05, 4.69) is 25.4 Å². The van der Waals surface area contributed by atoms with Crippen LogP contribution in [0, 0.1) is 11.7 Å². The maximum Gasteiger partial charge on any atom is 0.181 e. The highest BCUT2D eigenvalue weighted by molar-refractivity contribution is 5.95. The van der Waals surface area contributed by atoms with E-state index >= 15 is 0 Å². The maximum absolute atomic E-state index is 13.2. The molecule has 0 bridgehead atoms. The van der Waals surface area contributed by atoms with Crippen molar-refractivity contribution in [1.82, 2.24) is 25.4 Å². The molecule has 2 N–H and O–H groups in total. The van der Waals surface area contributed by atoms with Crippen LogP contribution in [0.1, 0.15) is 25.1 Å². The lowest BCUT2D eigenvalue weighted by Crippen LogP contribution is -1.89. The van der Waals surface area contributed by atoms with E-state index in [-0.39, 0.29) is 5.82 Å². The third-order valence-corrected chi connectivity index (χ3v) is 4.96. The average Bonchev–Trinajstić information content (AvgIpc) is 3.21. The largest absolute Gasteiger partial charge is 0.277 e. The van der Waals surface area contributed by atoms with E-state index in [0.717, 1.165) is 45.9 Å². The molecule has 2 aromatic heterocycles. The molecule has 2 heterocycles. The highest BCUT2D eigenvalue weighted by atomic mass is 19.1. The molecule has 26 heavy (non-hydrogen) atoms. The minimum atomic E-state index is -0.256. The molecule has 0 aliphatic heterocycles. The second kappa shape index (κ2) is 6.05. The van der Waals surface area contributed by atoms with Gasteiger partial charge in [-0.3, -0.25) is 10.2 Å². The Kier molecular flexibility index (Phi) is 3.55. The Morgan fingerprint density at radius 2 is 1.77 bits per heavy atom. The van der Waals surface area contributed by atoms with Gasteiger partial charge in [-0.15, -0.1) is 0 Å². The second-order valence-corrected chi connectivity index (χ2v) is 6.93. The molecule has 0 atom stereocenters. The highest BCUT2D eigenvalue weighted by Gasteiger charge is 2.21. The van der Waals surface area contributed by atoms with Crippen LogP contribution in [0.3, 0.4) is 0 Å². The van der Waals surface area contributed by atoms with Crippen LogP contribution in [0.25, 0.3) is 33.5 Å². The summed E-state index contributed by atoms with van der Waals surface area (Å²) in [5, 5.41) is 15.8. The van der Waals surface area contributed by atoms with Gasteiger partial charge >= 0.3 is 0 Å². The first-order valence-corrected chi connectivity index (χ1v) is 8.92. The van der Waals surface area contributed by atoms with Gasteiger partial charge in [0.15, 0.2) is 5.82 Å². The molecule has 1 aliphatic rings. The Morgan fingerprint density at radius 1 is 0.962 bits per heavy atom. The molecule has 4 aromatic rings. The van der Waals surface area contributed by atoms with Gasteiger partial charge in [0.25, 0.3) is 0 Å². The van der Waals surface area contributed by atoms with Crippen molar-refractivity contribution in [3.8, 4) is 22.6 Å². The van der Waals surface area contributed by atoms with Crippen LogP contribution in [0.5, 0.6) is 0 Å². The van der Waals surface area contributed by atoms with Crippen molar-refractivity contribution in [2.75, 3.05) is 0 Å². The van der Waals surface area contributed by atoms with Gasteiger partial charge in [-0.05, 0) is 54.8 Å². The van der Waals surface area contributed by atoms with Gasteiger partial charge < -0.3 is 0 Å². The lowest BCUT2D eigenvalue weighted by molar-refractivity contribution is 0.628. The van der Waals surface area contributed by atoms with Crippen LogP contribution < -0.4 is 0 Å². The van der Waals surface area contributed by atoms with E-state index < -0.39 is 0 Å². The third kappa shape index (κ3) is 2.87. The minimum Gasteiger partial charge on any atom is -0.277 e. The minimum absolute atomic E-state index is 0.256. The number of hydrogen-bond acceptors (Lipinski definition) is 3. The molecule has 1 saturated carbocycles. The van der Waals surface area contributed by atoms with Gasteiger partial charge in [0.05, 0.1) is 11.2 Å². The fourth-order valence-electron chi connectivity index (χ4n) is 3.26. The fraction of sp³-hybridized carbons (Fsp3) is 0.250. The van der Waals surface area contributed by atoms with Crippen molar-refractivity contribution in [3.05, 3.63) is 54.1 Å². The molecule has 6 heteroatoms. The summed E-state index contributed by atoms with van der Waals surface area (Å²) in [6.07, 6.45) is 4.84. The number of rotatable bonds is 5. The number of nitrogens with zero attached hydrogens (tertiary/aromatic N) is 3. The molecule has 1 fully saturated rings. The first-order valence-electron chi connectivity index (χ1n) is 8.92. The van der Waals surface area contributed by atoms with E-state index in [9.17, 15) is 4.39 Å². The van der Waals surface area contributed by atoms with Crippen molar-refractivity contribution in [1.29, 1.82) is 0 Å². The van der Waals surface area contributed by atoms with Crippen molar-refractivity contribution in [2.24, 2.45) is 5.92 Å². The topological polar surface area (TPSA) is 70.2 Å². The smallest absolute Gasteiger partial charge is 0.181 e. The van der Waals surface area contributed by atoms with Gasteiger partial charge in [-0.25, -0.2) is 9.37 Å². The summed E-state index contributed by atoms with van der Waals surface area (Å²) < 4.78 is 13.2. The number of halogens is 1. The number of benzene rings is 2. The number of aromatic amines is 2. The Morgan fingerprint density at radius 3 is 2.58 bits per heavy atom. The zero-order valence-electron chi connectivity index (χ0n) is 14.2. The standard InChI is InChI=1S/C20H18FN5/c21-15-7-4-13(5-8-15)19-16-11-14(6-9-17(16)23-25-19)20-22-18(24-26-20)10-3-12-1-2-12/h4-9,11-12H,1-3,10H2,(H,23,25)(H,22,24,26). The zero-order valence-corrected chi connectivity index (χ0v) is 14.2. The van der Waals surface area contributed by atoms with Gasteiger partial charge in [-0.1, -0.05) is 12.8 Å². The Bertz CT molecular complexity index is 1060. The quantitative estimate of drug-likeness (QED) is 0.558. The summed E-state index contributed by atoms with van der Waals surface area (Å²) in [5.74, 6) is 2.26. The van der Waals surface area contributed by atoms with Crippen molar-refractivity contribution in [2.45, 2.75) is 25.7 Å². The van der Waals surface area contributed by atoms with Crippen molar-refractivity contribution >= 4 is 10.9 Å². The number of aryl methyl sites for hydroxylation is 1. The highest BCUT2D eigenvalue weighted by Crippen LogP contribution is 2.33.